The number of methoxy groups -OCH3 is 1. The topological polar surface area (TPSA) is 67.9 Å². The molecular formula is C16H15N3O2. The molecule has 5 nitrogen and oxygen atoms in total. The zero-order valence-electron chi connectivity index (χ0n) is 11.8. The molecule has 0 bridgehead atoms. The van der Waals surface area contributed by atoms with Gasteiger partial charge in [-0.15, -0.1) is 0 Å². The summed E-state index contributed by atoms with van der Waals surface area (Å²) in [6, 6.07) is 7.30. The number of benzene rings is 1. The third kappa shape index (κ3) is 2.40. The number of aromatic nitrogens is 2. The van der Waals surface area contributed by atoms with Gasteiger partial charge in [0.25, 0.3) is 5.56 Å². The molecule has 0 spiro atoms. The second-order valence-corrected chi connectivity index (χ2v) is 5.09. The van der Waals surface area contributed by atoms with E-state index < -0.39 is 0 Å². The lowest BCUT2D eigenvalue weighted by Gasteiger charge is -2.11. The van der Waals surface area contributed by atoms with E-state index in [2.05, 4.69) is 11.1 Å². The monoisotopic (exact) mass is 281 g/mol. The third-order valence-corrected chi connectivity index (χ3v) is 3.81. The summed E-state index contributed by atoms with van der Waals surface area (Å²) in [6.07, 6.45) is 4.27. The van der Waals surface area contributed by atoms with Crippen LogP contribution in [-0.4, -0.2) is 16.7 Å². The number of hydrogen-bond acceptors (Lipinski definition) is 4. The van der Waals surface area contributed by atoms with Gasteiger partial charge in [-0.25, -0.2) is 4.98 Å². The summed E-state index contributed by atoms with van der Waals surface area (Å²) < 4.78 is 6.89. The molecule has 1 aromatic carbocycles. The molecule has 0 saturated carbocycles. The molecule has 0 N–H and O–H groups in total. The second-order valence-electron chi connectivity index (χ2n) is 5.09. The standard InChI is InChI=1S/C16H15N3O2/c1-21-15-6-5-11(8-17)7-12(15)9-19-10-18-14-4-2-3-13(14)16(19)20/h5-7,10H,2-4,9H2,1H3. The average Bonchev–Trinajstić information content (AvgIpc) is 2.99. The van der Waals surface area contributed by atoms with Gasteiger partial charge in [-0.1, -0.05) is 0 Å². The number of nitrogens with zero attached hydrogens (tertiary/aromatic N) is 3. The second kappa shape index (κ2) is 5.41. The van der Waals surface area contributed by atoms with E-state index in [0.29, 0.717) is 17.9 Å². The molecule has 1 aliphatic rings. The van der Waals surface area contributed by atoms with Crippen molar-refractivity contribution in [1.29, 1.82) is 5.26 Å². The van der Waals surface area contributed by atoms with Crippen LogP contribution in [0.1, 0.15) is 28.8 Å². The summed E-state index contributed by atoms with van der Waals surface area (Å²) in [5.41, 5.74) is 3.12. The molecule has 0 amide bonds. The SMILES string of the molecule is COc1ccc(C#N)cc1Cn1cnc2c(c1=O)CCC2. The maximum atomic E-state index is 12.4. The Labute approximate surface area is 122 Å². The van der Waals surface area contributed by atoms with Gasteiger partial charge >= 0.3 is 0 Å². The number of aryl methyl sites for hydroxylation is 1. The molecule has 0 fully saturated rings. The van der Waals surface area contributed by atoms with E-state index in [1.165, 1.54) is 0 Å². The predicted octanol–water partition coefficient (Wildman–Crippen LogP) is 1.66. The van der Waals surface area contributed by atoms with Crippen LogP contribution in [-0.2, 0) is 19.4 Å². The van der Waals surface area contributed by atoms with Crippen molar-refractivity contribution < 1.29 is 4.74 Å². The Bertz CT molecular complexity index is 787. The average molecular weight is 281 g/mol. The maximum Gasteiger partial charge on any atom is 0.257 e. The van der Waals surface area contributed by atoms with Crippen LogP contribution in [0.3, 0.4) is 0 Å². The van der Waals surface area contributed by atoms with Crippen molar-refractivity contribution in [2.24, 2.45) is 0 Å². The number of fused-ring (bicyclic) bond motifs is 1. The van der Waals surface area contributed by atoms with E-state index in [-0.39, 0.29) is 5.56 Å². The van der Waals surface area contributed by atoms with E-state index in [9.17, 15) is 4.79 Å². The minimum absolute atomic E-state index is 0.0157. The predicted molar refractivity (Wildman–Crippen MR) is 77.3 cm³/mol. The molecule has 5 heteroatoms. The highest BCUT2D eigenvalue weighted by molar-refractivity contribution is 5.42. The molecule has 0 aliphatic heterocycles. The number of ether oxygens (including phenoxy) is 1. The quantitative estimate of drug-likeness (QED) is 0.858. The first kappa shape index (κ1) is 13.4. The van der Waals surface area contributed by atoms with Gasteiger partial charge in [-0.2, -0.15) is 5.26 Å². The summed E-state index contributed by atoms with van der Waals surface area (Å²) in [4.78, 5) is 16.8. The molecule has 0 radical (unpaired) electrons. The molecule has 1 aliphatic carbocycles. The van der Waals surface area contributed by atoms with Crippen LogP contribution in [0.4, 0.5) is 0 Å². The number of nitriles is 1. The van der Waals surface area contributed by atoms with Gasteiger partial charge in [0.15, 0.2) is 0 Å². The summed E-state index contributed by atoms with van der Waals surface area (Å²) in [5.74, 6) is 0.668. The first-order valence-electron chi connectivity index (χ1n) is 6.87. The molecule has 0 saturated heterocycles. The highest BCUT2D eigenvalue weighted by Gasteiger charge is 2.17. The fourth-order valence-corrected chi connectivity index (χ4v) is 2.73. The van der Waals surface area contributed by atoms with Crippen molar-refractivity contribution in [2.75, 3.05) is 7.11 Å². The van der Waals surface area contributed by atoms with Crippen molar-refractivity contribution in [3.63, 3.8) is 0 Å². The molecule has 1 heterocycles. The normalized spacial score (nSPS) is 12.8. The van der Waals surface area contributed by atoms with Crippen molar-refractivity contribution in [2.45, 2.75) is 25.8 Å². The van der Waals surface area contributed by atoms with Crippen LogP contribution in [0, 0.1) is 11.3 Å². The van der Waals surface area contributed by atoms with Crippen LogP contribution in [0.5, 0.6) is 5.75 Å². The Balaban J connectivity index is 2.01. The van der Waals surface area contributed by atoms with Gasteiger partial charge < -0.3 is 4.74 Å². The maximum absolute atomic E-state index is 12.4. The lowest BCUT2D eigenvalue weighted by molar-refractivity contribution is 0.408. The van der Waals surface area contributed by atoms with Gasteiger partial charge in [0, 0.05) is 11.1 Å². The minimum atomic E-state index is 0.0157. The van der Waals surface area contributed by atoms with Crippen LogP contribution >= 0.6 is 0 Å². The Hall–Kier alpha value is -2.61. The first-order valence-corrected chi connectivity index (χ1v) is 6.87. The number of hydrogen-bond donors (Lipinski definition) is 0. The van der Waals surface area contributed by atoms with Gasteiger partial charge in [0.2, 0.25) is 0 Å². The molecule has 1 aromatic heterocycles. The van der Waals surface area contributed by atoms with Gasteiger partial charge in [0.05, 0.1) is 37.3 Å². The Morgan fingerprint density at radius 1 is 1.43 bits per heavy atom. The van der Waals surface area contributed by atoms with Gasteiger partial charge in [-0.3, -0.25) is 9.36 Å². The van der Waals surface area contributed by atoms with Gasteiger partial charge in [-0.05, 0) is 37.5 Å². The molecule has 0 unspecified atom stereocenters. The highest BCUT2D eigenvalue weighted by atomic mass is 16.5. The van der Waals surface area contributed by atoms with Crippen LogP contribution in [0.25, 0.3) is 0 Å². The zero-order chi connectivity index (χ0) is 14.8. The Morgan fingerprint density at radius 2 is 2.29 bits per heavy atom. The first-order chi connectivity index (χ1) is 10.2. The molecule has 2 aromatic rings. The van der Waals surface area contributed by atoms with Crippen LogP contribution < -0.4 is 10.3 Å². The van der Waals surface area contributed by atoms with Crippen LogP contribution in [0.2, 0.25) is 0 Å². The fourth-order valence-electron chi connectivity index (χ4n) is 2.73. The minimum Gasteiger partial charge on any atom is -0.496 e. The van der Waals surface area contributed by atoms with E-state index in [1.54, 1.807) is 36.2 Å². The molecule has 3 rings (SSSR count). The molecule has 0 atom stereocenters. The molecule has 106 valence electrons. The molecular weight excluding hydrogens is 266 g/mol. The van der Waals surface area contributed by atoms with E-state index >= 15 is 0 Å². The van der Waals surface area contributed by atoms with Crippen molar-refractivity contribution in [3.8, 4) is 11.8 Å². The Morgan fingerprint density at radius 3 is 3.05 bits per heavy atom. The number of rotatable bonds is 3. The van der Waals surface area contributed by atoms with E-state index in [0.717, 1.165) is 36.1 Å². The summed E-state index contributed by atoms with van der Waals surface area (Å²) in [6.45, 7) is 0.359. The smallest absolute Gasteiger partial charge is 0.257 e. The lowest BCUT2D eigenvalue weighted by Crippen LogP contribution is -2.25. The Kier molecular flexibility index (Phi) is 3.44. The fraction of sp³-hybridized carbons (Fsp3) is 0.312. The van der Waals surface area contributed by atoms with Crippen molar-refractivity contribution in [3.05, 3.63) is 57.3 Å². The lowest BCUT2D eigenvalue weighted by atomic mass is 10.1. The summed E-state index contributed by atoms with van der Waals surface area (Å²) >= 11 is 0. The largest absolute Gasteiger partial charge is 0.496 e. The highest BCUT2D eigenvalue weighted by Crippen LogP contribution is 2.21. The molecule has 21 heavy (non-hydrogen) atoms. The third-order valence-electron chi connectivity index (χ3n) is 3.81. The summed E-state index contributed by atoms with van der Waals surface area (Å²) in [5, 5.41) is 9.00. The summed E-state index contributed by atoms with van der Waals surface area (Å²) in [7, 11) is 1.58. The van der Waals surface area contributed by atoms with Crippen molar-refractivity contribution in [1.82, 2.24) is 9.55 Å². The zero-order valence-corrected chi connectivity index (χ0v) is 11.8. The van der Waals surface area contributed by atoms with Crippen molar-refractivity contribution >= 4 is 0 Å². The van der Waals surface area contributed by atoms with Crippen LogP contribution in [0.15, 0.2) is 29.3 Å². The van der Waals surface area contributed by atoms with E-state index in [1.807, 2.05) is 0 Å². The van der Waals surface area contributed by atoms with E-state index in [4.69, 9.17) is 10.00 Å². The van der Waals surface area contributed by atoms with Gasteiger partial charge in [0.1, 0.15) is 5.75 Å².